The van der Waals surface area contributed by atoms with Crippen LogP contribution < -0.4 is 24.8 Å². The zero-order chi connectivity index (χ0) is 32.8. The summed E-state index contributed by atoms with van der Waals surface area (Å²) < 4.78 is 46.1. The number of pyridine rings is 1. The molecule has 1 unspecified atom stereocenters. The molecule has 2 atom stereocenters. The normalized spacial score (nSPS) is 17.1. The summed E-state index contributed by atoms with van der Waals surface area (Å²) in [6.45, 7) is 9.47. The van der Waals surface area contributed by atoms with Crippen molar-refractivity contribution in [3.63, 3.8) is 0 Å². The molecule has 1 aliphatic rings. The molecular weight excluding hydrogens is 594 g/mol. The SMILES string of the molecule is CCN(CC)CCCOc1cc2nccc(Oc3ccc(NC(=O)[C@]4(C(=O)Nc5ccc(F)cc5)CC4C)cc3F)c2cc1OC. The second kappa shape index (κ2) is 14.1. The lowest BCUT2D eigenvalue weighted by Crippen LogP contribution is -2.37. The molecule has 242 valence electrons. The van der Waals surface area contributed by atoms with Crippen LogP contribution in [-0.4, -0.2) is 55.0 Å². The third kappa shape index (κ3) is 7.04. The Hall–Kier alpha value is -4.77. The molecule has 2 N–H and O–H groups in total. The highest BCUT2D eigenvalue weighted by molar-refractivity contribution is 6.17. The highest BCUT2D eigenvalue weighted by Crippen LogP contribution is 2.53. The van der Waals surface area contributed by atoms with Crippen molar-refractivity contribution in [1.82, 2.24) is 9.88 Å². The minimum Gasteiger partial charge on any atom is -0.493 e. The number of carbonyl (C=O) groups excluding carboxylic acids is 2. The number of benzene rings is 3. The maximum Gasteiger partial charge on any atom is 0.240 e. The zero-order valence-electron chi connectivity index (χ0n) is 26.4. The standard InChI is InChI=1S/C35H38F2N4O5/c1-5-41(6-2)16-7-17-45-32-20-28-26(19-31(32)44-4)29(14-15-38-28)46-30-13-12-25(18-27(30)37)40-34(43)35(21-22(35)3)33(42)39-24-10-8-23(36)9-11-24/h8-15,18-20,22H,5-7,16-17,21H2,1-4H3,(H,39,42)(H,40,43)/t22?,35-/m1/s1. The molecular formula is C35H38F2N4O5. The van der Waals surface area contributed by atoms with Gasteiger partial charge in [0.1, 0.15) is 17.0 Å². The van der Waals surface area contributed by atoms with E-state index in [2.05, 4.69) is 34.4 Å². The van der Waals surface area contributed by atoms with Gasteiger partial charge in [-0.05, 0) is 80.4 Å². The molecule has 2 amide bonds. The van der Waals surface area contributed by atoms with E-state index < -0.39 is 28.9 Å². The van der Waals surface area contributed by atoms with Gasteiger partial charge in [0.05, 0.1) is 19.2 Å². The monoisotopic (exact) mass is 632 g/mol. The predicted octanol–water partition coefficient (Wildman–Crippen LogP) is 7.03. The third-order valence-corrected chi connectivity index (χ3v) is 8.39. The molecule has 1 heterocycles. The number of amides is 2. The Balaban J connectivity index is 1.27. The number of anilines is 2. The summed E-state index contributed by atoms with van der Waals surface area (Å²) in [5.74, 6) is -1.08. The molecule has 0 bridgehead atoms. The summed E-state index contributed by atoms with van der Waals surface area (Å²) in [4.78, 5) is 33.1. The average Bonchev–Trinajstić information content (AvgIpc) is 3.75. The number of fused-ring (bicyclic) bond motifs is 1. The smallest absolute Gasteiger partial charge is 0.240 e. The van der Waals surface area contributed by atoms with E-state index in [1.54, 1.807) is 38.4 Å². The molecule has 1 aliphatic carbocycles. The first-order chi connectivity index (χ1) is 22.2. The van der Waals surface area contributed by atoms with Crippen LogP contribution in [0.2, 0.25) is 0 Å². The van der Waals surface area contributed by atoms with Crippen LogP contribution in [0.5, 0.6) is 23.0 Å². The fourth-order valence-electron chi connectivity index (χ4n) is 5.46. The molecule has 0 radical (unpaired) electrons. The van der Waals surface area contributed by atoms with E-state index in [1.807, 2.05) is 0 Å². The Labute approximate surface area is 266 Å². The second-order valence-corrected chi connectivity index (χ2v) is 11.3. The van der Waals surface area contributed by atoms with Gasteiger partial charge in [-0.25, -0.2) is 8.78 Å². The molecule has 0 spiro atoms. The molecule has 4 aromatic rings. The average molecular weight is 633 g/mol. The molecule has 0 aliphatic heterocycles. The van der Waals surface area contributed by atoms with Crippen molar-refractivity contribution in [2.75, 3.05) is 44.0 Å². The minimum absolute atomic E-state index is 0.0650. The molecule has 3 aromatic carbocycles. The maximum atomic E-state index is 15.3. The predicted molar refractivity (Wildman–Crippen MR) is 173 cm³/mol. The molecule has 9 nitrogen and oxygen atoms in total. The summed E-state index contributed by atoms with van der Waals surface area (Å²) in [5, 5.41) is 5.95. The number of nitrogens with one attached hydrogen (secondary N) is 2. The first-order valence-electron chi connectivity index (χ1n) is 15.4. The van der Waals surface area contributed by atoms with Gasteiger partial charge in [0.2, 0.25) is 11.8 Å². The summed E-state index contributed by atoms with van der Waals surface area (Å²) >= 11 is 0. The van der Waals surface area contributed by atoms with Crippen molar-refractivity contribution < 1.29 is 32.6 Å². The lowest BCUT2D eigenvalue weighted by molar-refractivity contribution is -0.131. The molecule has 1 fully saturated rings. The van der Waals surface area contributed by atoms with Crippen LogP contribution in [0.1, 0.15) is 33.6 Å². The van der Waals surface area contributed by atoms with Gasteiger partial charge in [-0.3, -0.25) is 14.6 Å². The Morgan fingerprint density at radius 2 is 1.59 bits per heavy atom. The summed E-state index contributed by atoms with van der Waals surface area (Å²) in [6, 6.07) is 14.5. The van der Waals surface area contributed by atoms with Crippen LogP contribution in [0.4, 0.5) is 20.2 Å². The van der Waals surface area contributed by atoms with Crippen LogP contribution in [0.15, 0.2) is 66.9 Å². The Morgan fingerprint density at radius 3 is 2.22 bits per heavy atom. The Morgan fingerprint density at radius 1 is 0.913 bits per heavy atom. The molecule has 11 heteroatoms. The molecule has 1 aromatic heterocycles. The summed E-state index contributed by atoms with van der Waals surface area (Å²) in [7, 11) is 1.55. The number of carbonyl (C=O) groups is 2. The molecule has 1 saturated carbocycles. The van der Waals surface area contributed by atoms with E-state index in [0.717, 1.165) is 32.1 Å². The lowest BCUT2D eigenvalue weighted by atomic mass is 10.0. The van der Waals surface area contributed by atoms with Gasteiger partial charge in [0, 0.05) is 41.6 Å². The minimum atomic E-state index is -1.32. The van der Waals surface area contributed by atoms with Crippen molar-refractivity contribution in [1.29, 1.82) is 0 Å². The van der Waals surface area contributed by atoms with Crippen LogP contribution in [0.25, 0.3) is 10.9 Å². The van der Waals surface area contributed by atoms with E-state index >= 15 is 4.39 Å². The first kappa shape index (κ1) is 32.6. The van der Waals surface area contributed by atoms with E-state index in [9.17, 15) is 14.0 Å². The van der Waals surface area contributed by atoms with Gasteiger partial charge in [-0.2, -0.15) is 0 Å². The van der Waals surface area contributed by atoms with Crippen molar-refractivity contribution in [2.24, 2.45) is 11.3 Å². The van der Waals surface area contributed by atoms with E-state index in [0.29, 0.717) is 46.9 Å². The van der Waals surface area contributed by atoms with Gasteiger partial charge >= 0.3 is 0 Å². The van der Waals surface area contributed by atoms with Crippen molar-refractivity contribution in [2.45, 2.75) is 33.6 Å². The van der Waals surface area contributed by atoms with Crippen LogP contribution >= 0.6 is 0 Å². The Bertz CT molecular complexity index is 1710. The van der Waals surface area contributed by atoms with Gasteiger partial charge in [0.15, 0.2) is 23.1 Å². The zero-order valence-corrected chi connectivity index (χ0v) is 26.4. The van der Waals surface area contributed by atoms with Crippen molar-refractivity contribution in [3.8, 4) is 23.0 Å². The van der Waals surface area contributed by atoms with Crippen LogP contribution in [0, 0.1) is 23.0 Å². The fourth-order valence-corrected chi connectivity index (χ4v) is 5.46. The molecule has 5 rings (SSSR count). The summed E-state index contributed by atoms with van der Waals surface area (Å²) in [6.07, 6.45) is 2.75. The number of hydrogen-bond acceptors (Lipinski definition) is 7. The third-order valence-electron chi connectivity index (χ3n) is 8.39. The largest absolute Gasteiger partial charge is 0.493 e. The van der Waals surface area contributed by atoms with E-state index in [-0.39, 0.29) is 17.4 Å². The number of halogens is 2. The molecule has 46 heavy (non-hydrogen) atoms. The second-order valence-electron chi connectivity index (χ2n) is 11.3. The van der Waals surface area contributed by atoms with Crippen molar-refractivity contribution >= 4 is 34.1 Å². The van der Waals surface area contributed by atoms with Crippen LogP contribution in [0.3, 0.4) is 0 Å². The van der Waals surface area contributed by atoms with Crippen molar-refractivity contribution in [3.05, 3.63) is 78.5 Å². The van der Waals surface area contributed by atoms with Gasteiger partial charge in [0.25, 0.3) is 0 Å². The summed E-state index contributed by atoms with van der Waals surface area (Å²) in [5.41, 5.74) is -0.180. The van der Waals surface area contributed by atoms with Gasteiger partial charge < -0.3 is 29.7 Å². The van der Waals surface area contributed by atoms with Crippen LogP contribution in [-0.2, 0) is 9.59 Å². The first-order valence-corrected chi connectivity index (χ1v) is 15.4. The van der Waals surface area contributed by atoms with E-state index in [4.69, 9.17) is 14.2 Å². The van der Waals surface area contributed by atoms with Gasteiger partial charge in [-0.1, -0.05) is 20.8 Å². The lowest BCUT2D eigenvalue weighted by Gasteiger charge is -2.18. The Kier molecular flexibility index (Phi) is 10.0. The van der Waals surface area contributed by atoms with E-state index in [1.165, 1.54) is 36.4 Å². The number of aromatic nitrogens is 1. The maximum absolute atomic E-state index is 15.3. The number of methoxy groups -OCH3 is 1. The highest BCUT2D eigenvalue weighted by Gasteiger charge is 2.63. The quantitative estimate of drug-likeness (QED) is 0.114. The number of ether oxygens (including phenoxy) is 3. The number of hydrogen-bond donors (Lipinski definition) is 2. The van der Waals surface area contributed by atoms with Gasteiger partial charge in [-0.15, -0.1) is 0 Å². The topological polar surface area (TPSA) is 102 Å². The number of nitrogens with zero attached hydrogens (tertiary/aromatic N) is 2. The number of rotatable bonds is 14. The fraction of sp³-hybridized carbons (Fsp3) is 0.343. The molecule has 0 saturated heterocycles. The highest BCUT2D eigenvalue weighted by atomic mass is 19.1.